The molecule has 1 aliphatic rings. The van der Waals surface area contributed by atoms with Crippen LogP contribution in [0.15, 0.2) is 24.8 Å². The van der Waals surface area contributed by atoms with Crippen LogP contribution in [0.3, 0.4) is 0 Å². The number of pyridine rings is 1. The van der Waals surface area contributed by atoms with E-state index in [4.69, 9.17) is 4.74 Å². The van der Waals surface area contributed by atoms with Gasteiger partial charge in [-0.05, 0) is 13.8 Å². The summed E-state index contributed by atoms with van der Waals surface area (Å²) in [6.45, 7) is 8.88. The van der Waals surface area contributed by atoms with E-state index in [9.17, 15) is 0 Å². The molecule has 122 valence electrons. The van der Waals surface area contributed by atoms with Crippen LogP contribution in [0.2, 0.25) is 0 Å². The Labute approximate surface area is 137 Å². The average molecular weight is 313 g/mol. The molecule has 0 bridgehead atoms. The molecule has 0 aromatic carbocycles. The number of rotatable bonds is 4. The van der Waals surface area contributed by atoms with E-state index in [-0.39, 0.29) is 0 Å². The van der Waals surface area contributed by atoms with Crippen molar-refractivity contribution in [3.63, 3.8) is 0 Å². The molecule has 1 aliphatic heterocycles. The van der Waals surface area contributed by atoms with Gasteiger partial charge in [-0.3, -0.25) is 14.9 Å². The Morgan fingerprint density at radius 3 is 2.48 bits per heavy atom. The lowest BCUT2D eigenvalue weighted by molar-refractivity contribution is 0.245. The van der Waals surface area contributed by atoms with Crippen LogP contribution in [0.1, 0.15) is 16.8 Å². The highest BCUT2D eigenvalue weighted by atomic mass is 16.5. The van der Waals surface area contributed by atoms with Gasteiger partial charge < -0.3 is 9.64 Å². The van der Waals surface area contributed by atoms with E-state index in [0.29, 0.717) is 0 Å². The molecule has 0 N–H and O–H groups in total. The number of aryl methyl sites for hydroxylation is 1. The van der Waals surface area contributed by atoms with Crippen LogP contribution in [0.5, 0.6) is 5.75 Å². The molecule has 0 aliphatic carbocycles. The molecule has 6 heteroatoms. The summed E-state index contributed by atoms with van der Waals surface area (Å²) in [6, 6.07) is 0. The van der Waals surface area contributed by atoms with Gasteiger partial charge in [-0.2, -0.15) is 0 Å². The van der Waals surface area contributed by atoms with Gasteiger partial charge in [0, 0.05) is 62.4 Å². The minimum Gasteiger partial charge on any atom is -0.496 e. The third-order valence-electron chi connectivity index (χ3n) is 4.37. The Bertz CT molecular complexity index is 654. The molecule has 0 amide bonds. The molecule has 6 nitrogen and oxygen atoms in total. The molecule has 2 aromatic rings. The van der Waals surface area contributed by atoms with Gasteiger partial charge in [-0.25, -0.2) is 4.98 Å². The number of methoxy groups -OCH3 is 1. The first-order valence-electron chi connectivity index (χ1n) is 7.91. The van der Waals surface area contributed by atoms with Crippen LogP contribution in [-0.4, -0.2) is 53.1 Å². The SMILES string of the molecule is COc1c(C)cnc(CN2CCN(c3cnccn3)CC2)c1C. The second-order valence-electron chi connectivity index (χ2n) is 5.87. The molecule has 0 saturated carbocycles. The molecule has 2 aromatic heterocycles. The van der Waals surface area contributed by atoms with Crippen molar-refractivity contribution in [1.29, 1.82) is 0 Å². The highest BCUT2D eigenvalue weighted by Gasteiger charge is 2.20. The van der Waals surface area contributed by atoms with Gasteiger partial charge in [-0.1, -0.05) is 0 Å². The Balaban J connectivity index is 1.63. The summed E-state index contributed by atoms with van der Waals surface area (Å²) in [6.07, 6.45) is 7.18. The summed E-state index contributed by atoms with van der Waals surface area (Å²) in [4.78, 5) is 17.8. The fourth-order valence-corrected chi connectivity index (χ4v) is 3.03. The van der Waals surface area contributed by atoms with Crippen LogP contribution in [0.4, 0.5) is 5.82 Å². The number of hydrogen-bond acceptors (Lipinski definition) is 6. The Morgan fingerprint density at radius 2 is 1.83 bits per heavy atom. The van der Waals surface area contributed by atoms with Gasteiger partial charge in [-0.15, -0.1) is 0 Å². The number of ether oxygens (including phenoxy) is 1. The maximum absolute atomic E-state index is 5.50. The van der Waals surface area contributed by atoms with E-state index in [1.54, 1.807) is 19.5 Å². The molecule has 0 atom stereocenters. The molecule has 0 radical (unpaired) electrons. The van der Waals surface area contributed by atoms with E-state index in [0.717, 1.165) is 61.1 Å². The standard InChI is InChI=1S/C17H23N5O/c1-13-10-20-15(14(2)17(13)23-3)12-21-6-8-22(9-7-21)16-11-18-4-5-19-16/h4-5,10-11H,6-9,12H2,1-3H3. The Morgan fingerprint density at radius 1 is 1.04 bits per heavy atom. The predicted octanol–water partition coefficient (Wildman–Crippen LogP) is 1.82. The van der Waals surface area contributed by atoms with Crippen molar-refractivity contribution in [2.75, 3.05) is 38.2 Å². The number of nitrogens with zero attached hydrogens (tertiary/aromatic N) is 5. The van der Waals surface area contributed by atoms with Crippen LogP contribution in [-0.2, 0) is 6.54 Å². The number of anilines is 1. The fourth-order valence-electron chi connectivity index (χ4n) is 3.03. The molecule has 0 unspecified atom stereocenters. The summed E-state index contributed by atoms with van der Waals surface area (Å²) in [5, 5.41) is 0. The smallest absolute Gasteiger partial charge is 0.147 e. The molecule has 3 heterocycles. The third kappa shape index (κ3) is 3.42. The van der Waals surface area contributed by atoms with Crippen molar-refractivity contribution < 1.29 is 4.74 Å². The van der Waals surface area contributed by atoms with Gasteiger partial charge in [0.2, 0.25) is 0 Å². The average Bonchev–Trinajstić information content (AvgIpc) is 2.59. The lowest BCUT2D eigenvalue weighted by Crippen LogP contribution is -2.46. The van der Waals surface area contributed by atoms with Gasteiger partial charge >= 0.3 is 0 Å². The van der Waals surface area contributed by atoms with Gasteiger partial charge in [0.15, 0.2) is 0 Å². The number of aromatic nitrogens is 3. The van der Waals surface area contributed by atoms with Crippen LogP contribution >= 0.6 is 0 Å². The zero-order valence-corrected chi connectivity index (χ0v) is 14.0. The van der Waals surface area contributed by atoms with E-state index < -0.39 is 0 Å². The summed E-state index contributed by atoms with van der Waals surface area (Å²) in [5.41, 5.74) is 3.32. The number of hydrogen-bond donors (Lipinski definition) is 0. The lowest BCUT2D eigenvalue weighted by Gasteiger charge is -2.35. The van der Waals surface area contributed by atoms with Crippen LogP contribution < -0.4 is 9.64 Å². The number of piperazine rings is 1. The van der Waals surface area contributed by atoms with Crippen LogP contribution in [0, 0.1) is 13.8 Å². The zero-order chi connectivity index (χ0) is 16.2. The molecule has 0 spiro atoms. The van der Waals surface area contributed by atoms with E-state index in [2.05, 4.69) is 31.7 Å². The topological polar surface area (TPSA) is 54.4 Å². The highest BCUT2D eigenvalue weighted by Crippen LogP contribution is 2.25. The van der Waals surface area contributed by atoms with Gasteiger partial charge in [0.05, 0.1) is 19.0 Å². The quantitative estimate of drug-likeness (QED) is 0.858. The Hall–Kier alpha value is -2.21. The molecule has 1 fully saturated rings. The van der Waals surface area contributed by atoms with E-state index in [1.165, 1.54) is 0 Å². The highest BCUT2D eigenvalue weighted by molar-refractivity contribution is 5.41. The van der Waals surface area contributed by atoms with E-state index >= 15 is 0 Å². The maximum Gasteiger partial charge on any atom is 0.147 e. The third-order valence-corrected chi connectivity index (χ3v) is 4.37. The van der Waals surface area contributed by atoms with E-state index in [1.807, 2.05) is 19.3 Å². The van der Waals surface area contributed by atoms with Gasteiger partial charge in [0.25, 0.3) is 0 Å². The fraction of sp³-hybridized carbons (Fsp3) is 0.471. The van der Waals surface area contributed by atoms with Crippen molar-refractivity contribution in [3.8, 4) is 5.75 Å². The molecule has 3 rings (SSSR count). The van der Waals surface area contributed by atoms with Crippen molar-refractivity contribution in [2.45, 2.75) is 20.4 Å². The second kappa shape index (κ2) is 6.91. The minimum atomic E-state index is 0.858. The second-order valence-corrected chi connectivity index (χ2v) is 5.87. The molecule has 1 saturated heterocycles. The van der Waals surface area contributed by atoms with Crippen molar-refractivity contribution in [3.05, 3.63) is 41.6 Å². The molecule has 23 heavy (non-hydrogen) atoms. The Kier molecular flexibility index (Phi) is 4.71. The van der Waals surface area contributed by atoms with Crippen molar-refractivity contribution in [1.82, 2.24) is 19.9 Å². The monoisotopic (exact) mass is 313 g/mol. The largest absolute Gasteiger partial charge is 0.496 e. The summed E-state index contributed by atoms with van der Waals surface area (Å²) >= 11 is 0. The first-order chi connectivity index (χ1) is 11.2. The maximum atomic E-state index is 5.50. The first-order valence-corrected chi connectivity index (χ1v) is 7.91. The summed E-state index contributed by atoms with van der Waals surface area (Å²) in [7, 11) is 1.72. The normalized spacial score (nSPS) is 15.7. The molecular weight excluding hydrogens is 290 g/mol. The zero-order valence-electron chi connectivity index (χ0n) is 14.0. The van der Waals surface area contributed by atoms with Crippen molar-refractivity contribution in [2.24, 2.45) is 0 Å². The first kappa shape index (κ1) is 15.7. The van der Waals surface area contributed by atoms with Crippen LogP contribution in [0.25, 0.3) is 0 Å². The van der Waals surface area contributed by atoms with Gasteiger partial charge in [0.1, 0.15) is 11.6 Å². The molecular formula is C17H23N5O. The summed E-state index contributed by atoms with van der Waals surface area (Å²) in [5.74, 6) is 1.91. The summed E-state index contributed by atoms with van der Waals surface area (Å²) < 4.78 is 5.50. The lowest BCUT2D eigenvalue weighted by atomic mass is 10.1. The minimum absolute atomic E-state index is 0.858. The predicted molar refractivity (Wildman–Crippen MR) is 89.8 cm³/mol. The van der Waals surface area contributed by atoms with Crippen molar-refractivity contribution >= 4 is 5.82 Å².